The molecule has 15 heavy (non-hydrogen) atoms. The number of rotatable bonds is 5. The molecule has 0 fully saturated rings. The van der Waals surface area contributed by atoms with Gasteiger partial charge in [0.2, 0.25) is 0 Å². The Labute approximate surface area is 90.4 Å². The average Bonchev–Trinajstić information content (AvgIpc) is 2.30. The smallest absolute Gasteiger partial charge is 0.0858 e. The first-order valence-electron chi connectivity index (χ1n) is 4.88. The van der Waals surface area contributed by atoms with Crippen molar-refractivity contribution < 1.29 is 9.84 Å². The van der Waals surface area contributed by atoms with Crippen molar-refractivity contribution in [1.29, 1.82) is 0 Å². The zero-order chi connectivity index (χ0) is 11.1. The van der Waals surface area contributed by atoms with Crippen LogP contribution in [-0.2, 0) is 4.74 Å². The minimum atomic E-state index is -0.0196. The third-order valence-electron chi connectivity index (χ3n) is 2.24. The van der Waals surface area contributed by atoms with Crippen LogP contribution in [0.15, 0.2) is 42.2 Å². The molecule has 0 aliphatic carbocycles. The predicted octanol–water partition coefficient (Wildman–Crippen LogP) is 1.47. The highest BCUT2D eigenvalue weighted by molar-refractivity contribution is 5.27. The number of hydrogen-bond donors (Lipinski definition) is 2. The summed E-state index contributed by atoms with van der Waals surface area (Å²) in [7, 11) is 3.43. The van der Waals surface area contributed by atoms with Gasteiger partial charge in [0, 0.05) is 5.57 Å². The van der Waals surface area contributed by atoms with E-state index in [2.05, 4.69) is 5.32 Å². The number of benzene rings is 1. The van der Waals surface area contributed by atoms with Crippen molar-refractivity contribution in [2.75, 3.05) is 20.8 Å². The Morgan fingerprint density at radius 1 is 1.47 bits per heavy atom. The molecular formula is C12H17NO2. The van der Waals surface area contributed by atoms with Gasteiger partial charge in [-0.25, -0.2) is 0 Å². The van der Waals surface area contributed by atoms with E-state index >= 15 is 0 Å². The zero-order valence-electron chi connectivity index (χ0n) is 9.10. The van der Waals surface area contributed by atoms with Gasteiger partial charge >= 0.3 is 0 Å². The van der Waals surface area contributed by atoms with Crippen molar-refractivity contribution >= 4 is 0 Å². The van der Waals surface area contributed by atoms with Crippen molar-refractivity contribution in [1.82, 2.24) is 5.32 Å². The maximum absolute atomic E-state index is 9.23. The van der Waals surface area contributed by atoms with Crippen LogP contribution in [0.25, 0.3) is 0 Å². The third kappa shape index (κ3) is 3.08. The largest absolute Gasteiger partial charge is 0.504 e. The van der Waals surface area contributed by atoms with Crippen LogP contribution in [0.1, 0.15) is 11.6 Å². The maximum atomic E-state index is 9.23. The van der Waals surface area contributed by atoms with E-state index < -0.39 is 0 Å². The van der Waals surface area contributed by atoms with Crippen molar-refractivity contribution in [2.45, 2.75) is 6.04 Å². The first kappa shape index (κ1) is 11.8. The standard InChI is InChI=1S/C12H17NO2/c1-13-12(11(8-14)9-15-2)10-6-4-3-5-7-10/h3-7,9,12-14H,8H2,1-2H3/b11-9+. The van der Waals surface area contributed by atoms with Gasteiger partial charge in [-0.15, -0.1) is 0 Å². The molecule has 1 unspecified atom stereocenters. The molecule has 3 nitrogen and oxygen atoms in total. The first-order valence-corrected chi connectivity index (χ1v) is 4.88. The fourth-order valence-electron chi connectivity index (χ4n) is 1.56. The van der Waals surface area contributed by atoms with Crippen LogP contribution >= 0.6 is 0 Å². The number of nitrogens with one attached hydrogen (secondary N) is 1. The van der Waals surface area contributed by atoms with Gasteiger partial charge in [0.25, 0.3) is 0 Å². The maximum Gasteiger partial charge on any atom is 0.0858 e. The molecular weight excluding hydrogens is 190 g/mol. The molecule has 0 amide bonds. The summed E-state index contributed by atoms with van der Waals surface area (Å²) in [5, 5.41) is 12.4. The van der Waals surface area contributed by atoms with E-state index in [-0.39, 0.29) is 12.6 Å². The summed E-state index contributed by atoms with van der Waals surface area (Å²) >= 11 is 0. The molecule has 0 radical (unpaired) electrons. The molecule has 1 aromatic rings. The van der Waals surface area contributed by atoms with Gasteiger partial charge in [-0.3, -0.25) is 0 Å². The summed E-state index contributed by atoms with van der Waals surface area (Å²) in [4.78, 5) is 0. The number of aliphatic hydroxyl groups is 1. The van der Waals surface area contributed by atoms with Gasteiger partial charge in [0.15, 0.2) is 0 Å². The Morgan fingerprint density at radius 3 is 2.60 bits per heavy atom. The highest BCUT2D eigenvalue weighted by Crippen LogP contribution is 2.20. The van der Waals surface area contributed by atoms with E-state index in [0.717, 1.165) is 11.1 Å². The summed E-state index contributed by atoms with van der Waals surface area (Å²) in [6.07, 6.45) is 1.58. The summed E-state index contributed by atoms with van der Waals surface area (Å²) in [5.41, 5.74) is 1.92. The molecule has 82 valence electrons. The fraction of sp³-hybridized carbons (Fsp3) is 0.333. The minimum Gasteiger partial charge on any atom is -0.504 e. The lowest BCUT2D eigenvalue weighted by atomic mass is 10.0. The molecule has 0 heterocycles. The van der Waals surface area contributed by atoms with Gasteiger partial charge in [0.1, 0.15) is 0 Å². The van der Waals surface area contributed by atoms with Gasteiger partial charge in [-0.1, -0.05) is 30.3 Å². The lowest BCUT2D eigenvalue weighted by molar-refractivity contribution is 0.289. The van der Waals surface area contributed by atoms with Crippen LogP contribution < -0.4 is 5.32 Å². The topological polar surface area (TPSA) is 41.5 Å². The van der Waals surface area contributed by atoms with Crippen molar-refractivity contribution in [3.05, 3.63) is 47.7 Å². The molecule has 0 aliphatic heterocycles. The van der Waals surface area contributed by atoms with Gasteiger partial charge < -0.3 is 15.2 Å². The summed E-state index contributed by atoms with van der Waals surface area (Å²) < 4.78 is 4.94. The normalized spacial score (nSPS) is 13.7. The fourth-order valence-corrected chi connectivity index (χ4v) is 1.56. The molecule has 3 heteroatoms. The molecule has 0 saturated heterocycles. The van der Waals surface area contributed by atoms with Crippen LogP contribution in [-0.4, -0.2) is 25.9 Å². The summed E-state index contributed by atoms with van der Waals surface area (Å²) in [6.45, 7) is -0.0196. The molecule has 0 aliphatic rings. The minimum absolute atomic E-state index is 0.00356. The molecule has 2 N–H and O–H groups in total. The Balaban J connectivity index is 2.93. The summed E-state index contributed by atoms with van der Waals surface area (Å²) in [6, 6.07) is 9.94. The number of ether oxygens (including phenoxy) is 1. The van der Waals surface area contributed by atoms with Gasteiger partial charge in [-0.2, -0.15) is 0 Å². The van der Waals surface area contributed by atoms with Crippen molar-refractivity contribution in [2.24, 2.45) is 0 Å². The van der Waals surface area contributed by atoms with Crippen LogP contribution in [0, 0.1) is 0 Å². The number of likely N-dealkylation sites (N-methyl/N-ethyl adjacent to an activating group) is 1. The molecule has 0 saturated carbocycles. The molecule has 0 bridgehead atoms. The SMILES string of the molecule is CNC(/C(=C/OC)CO)c1ccccc1. The monoisotopic (exact) mass is 207 g/mol. The second-order valence-electron chi connectivity index (χ2n) is 3.22. The molecule has 1 atom stereocenters. The van der Waals surface area contributed by atoms with E-state index in [1.807, 2.05) is 37.4 Å². The van der Waals surface area contributed by atoms with Crippen molar-refractivity contribution in [3.63, 3.8) is 0 Å². The van der Waals surface area contributed by atoms with E-state index in [1.54, 1.807) is 13.4 Å². The van der Waals surface area contributed by atoms with E-state index in [9.17, 15) is 5.11 Å². The summed E-state index contributed by atoms with van der Waals surface area (Å²) in [5.74, 6) is 0. The third-order valence-corrected chi connectivity index (χ3v) is 2.24. The number of hydrogen-bond acceptors (Lipinski definition) is 3. The second kappa shape index (κ2) is 6.22. The lowest BCUT2D eigenvalue weighted by Crippen LogP contribution is -2.20. The average molecular weight is 207 g/mol. The first-order chi connectivity index (χ1) is 7.33. The van der Waals surface area contributed by atoms with Crippen LogP contribution in [0.4, 0.5) is 0 Å². The van der Waals surface area contributed by atoms with Crippen LogP contribution in [0.2, 0.25) is 0 Å². The van der Waals surface area contributed by atoms with Crippen molar-refractivity contribution in [3.8, 4) is 0 Å². The molecule has 1 aromatic carbocycles. The second-order valence-corrected chi connectivity index (χ2v) is 3.22. The highest BCUT2D eigenvalue weighted by Gasteiger charge is 2.13. The molecule has 0 spiro atoms. The molecule has 0 aromatic heterocycles. The van der Waals surface area contributed by atoms with E-state index in [4.69, 9.17) is 4.74 Å². The van der Waals surface area contributed by atoms with E-state index in [1.165, 1.54) is 0 Å². The number of methoxy groups -OCH3 is 1. The predicted molar refractivity (Wildman–Crippen MR) is 60.4 cm³/mol. The Hall–Kier alpha value is -1.32. The highest BCUT2D eigenvalue weighted by atomic mass is 16.5. The van der Waals surface area contributed by atoms with Crippen LogP contribution in [0.5, 0.6) is 0 Å². The van der Waals surface area contributed by atoms with Gasteiger partial charge in [-0.05, 0) is 12.6 Å². The quantitative estimate of drug-likeness (QED) is 0.718. The van der Waals surface area contributed by atoms with E-state index in [0.29, 0.717) is 0 Å². The number of aliphatic hydroxyl groups excluding tert-OH is 1. The molecule has 1 rings (SSSR count). The van der Waals surface area contributed by atoms with Crippen LogP contribution in [0.3, 0.4) is 0 Å². The Bertz CT molecular complexity index is 309. The Kier molecular flexibility index (Phi) is 4.87. The zero-order valence-corrected chi connectivity index (χ0v) is 9.10. The Morgan fingerprint density at radius 2 is 2.13 bits per heavy atom. The van der Waals surface area contributed by atoms with Gasteiger partial charge in [0.05, 0.1) is 26.0 Å². The lowest BCUT2D eigenvalue weighted by Gasteiger charge is -2.18.